The minimum Gasteiger partial charge on any atom is -0.287 e. The first-order valence-electron chi connectivity index (χ1n) is 21.7. The van der Waals surface area contributed by atoms with Gasteiger partial charge in [0.05, 0.1) is 6.07 Å². The highest BCUT2D eigenvalue weighted by Gasteiger charge is 2.52. The van der Waals surface area contributed by atoms with Gasteiger partial charge >= 0.3 is 6.18 Å². The Kier molecular flexibility index (Phi) is 15.1. The zero-order chi connectivity index (χ0) is 42.0. The van der Waals surface area contributed by atoms with Crippen LogP contribution in [-0.2, 0) is 9.59 Å². The number of nitrogens with zero attached hydrogens (tertiary/aromatic N) is 3. The molecule has 5 nitrogen and oxygen atoms in total. The van der Waals surface area contributed by atoms with Crippen LogP contribution in [0.3, 0.4) is 0 Å². The summed E-state index contributed by atoms with van der Waals surface area (Å²) in [5.74, 6) is 1.02. The molecule has 2 amide bonds. The molecule has 3 rings (SSSR count). The maximum absolute atomic E-state index is 14.4. The van der Waals surface area contributed by atoms with Crippen LogP contribution >= 0.6 is 0 Å². The number of alkyl halides is 3. The van der Waals surface area contributed by atoms with Crippen molar-refractivity contribution >= 4 is 11.8 Å². The molecule has 1 aliphatic carbocycles. The van der Waals surface area contributed by atoms with Gasteiger partial charge in [-0.15, -0.1) is 6.58 Å². The van der Waals surface area contributed by atoms with Gasteiger partial charge in [0.2, 0.25) is 11.8 Å². The van der Waals surface area contributed by atoms with Crippen molar-refractivity contribution in [3.63, 3.8) is 0 Å². The van der Waals surface area contributed by atoms with Crippen molar-refractivity contribution in [3.8, 4) is 6.07 Å². The molecule has 3 fully saturated rings. The average molecular weight is 776 g/mol. The Morgan fingerprint density at radius 2 is 1.36 bits per heavy atom. The number of rotatable bonds is 16. The number of imide groups is 1. The number of piperidine rings is 2. The third kappa shape index (κ3) is 11.8. The SMILES string of the molecule is C=CCC(CC(C)(C)CCC(C)(C)C1CC(=O)N(C(C)(C)C)C(=O)C1)C1(CC#N)CCC(C(C)(C)CCC(C)(C)N2CCC(C(C)C)C[C@H]2C(F)(F)F)CC1. The largest absolute Gasteiger partial charge is 0.404 e. The molecule has 2 unspecified atom stereocenters. The fourth-order valence-electron chi connectivity index (χ4n) is 11.0. The van der Waals surface area contributed by atoms with Crippen molar-refractivity contribution in [2.24, 2.45) is 51.2 Å². The van der Waals surface area contributed by atoms with Gasteiger partial charge in [-0.3, -0.25) is 19.4 Å². The minimum atomic E-state index is -4.23. The molecule has 0 aromatic carbocycles. The van der Waals surface area contributed by atoms with Crippen LogP contribution in [0.5, 0.6) is 0 Å². The molecule has 1 saturated carbocycles. The molecule has 0 aromatic heterocycles. The van der Waals surface area contributed by atoms with E-state index in [1.54, 1.807) is 4.90 Å². The maximum atomic E-state index is 14.4. The molecule has 2 aliphatic heterocycles. The second-order valence-corrected chi connectivity index (χ2v) is 22.5. The van der Waals surface area contributed by atoms with Crippen LogP contribution in [-0.4, -0.2) is 51.5 Å². The Labute approximate surface area is 335 Å². The van der Waals surface area contributed by atoms with Crippen LogP contribution in [0.2, 0.25) is 0 Å². The Morgan fingerprint density at radius 1 is 0.836 bits per heavy atom. The van der Waals surface area contributed by atoms with Gasteiger partial charge < -0.3 is 0 Å². The molecule has 3 aliphatic rings. The van der Waals surface area contributed by atoms with Gasteiger partial charge in [0.25, 0.3) is 0 Å². The third-order valence-electron chi connectivity index (χ3n) is 15.3. The van der Waals surface area contributed by atoms with E-state index < -0.39 is 23.3 Å². The van der Waals surface area contributed by atoms with Crippen molar-refractivity contribution in [2.45, 2.75) is 210 Å². The maximum Gasteiger partial charge on any atom is 0.404 e. The zero-order valence-corrected chi connectivity index (χ0v) is 37.4. The molecule has 0 radical (unpaired) electrons. The topological polar surface area (TPSA) is 64.4 Å². The molecule has 0 aromatic rings. The average Bonchev–Trinajstić information content (AvgIpc) is 3.05. The number of hydrogen-bond acceptors (Lipinski definition) is 4. The summed E-state index contributed by atoms with van der Waals surface area (Å²) in [5.41, 5.74) is -1.35. The number of likely N-dealkylation sites (tertiary alicyclic amines) is 2. The van der Waals surface area contributed by atoms with Gasteiger partial charge in [-0.1, -0.05) is 61.5 Å². The van der Waals surface area contributed by atoms with E-state index in [4.69, 9.17) is 0 Å². The molecule has 0 bridgehead atoms. The minimum absolute atomic E-state index is 0.00680. The smallest absolute Gasteiger partial charge is 0.287 e. The fourth-order valence-corrected chi connectivity index (χ4v) is 11.0. The number of hydrogen-bond donors (Lipinski definition) is 0. The van der Waals surface area contributed by atoms with E-state index in [1.165, 1.54) is 4.90 Å². The number of allylic oxidation sites excluding steroid dienone is 1. The van der Waals surface area contributed by atoms with Crippen LogP contribution in [0.4, 0.5) is 13.2 Å². The summed E-state index contributed by atoms with van der Waals surface area (Å²) >= 11 is 0. The first-order valence-corrected chi connectivity index (χ1v) is 21.7. The lowest BCUT2D eigenvalue weighted by Gasteiger charge is -2.52. The monoisotopic (exact) mass is 776 g/mol. The van der Waals surface area contributed by atoms with Crippen LogP contribution in [0.15, 0.2) is 12.7 Å². The predicted molar refractivity (Wildman–Crippen MR) is 220 cm³/mol. The van der Waals surface area contributed by atoms with Crippen molar-refractivity contribution in [2.75, 3.05) is 6.54 Å². The summed E-state index contributed by atoms with van der Waals surface area (Å²) in [6.07, 6.45) is 9.46. The number of nitriles is 1. The zero-order valence-electron chi connectivity index (χ0n) is 37.4. The highest BCUT2D eigenvalue weighted by atomic mass is 19.4. The lowest BCUT2D eigenvalue weighted by Crippen LogP contribution is -2.59. The number of amides is 2. The Balaban J connectivity index is 1.67. The third-order valence-corrected chi connectivity index (χ3v) is 15.3. The Morgan fingerprint density at radius 3 is 1.84 bits per heavy atom. The highest BCUT2D eigenvalue weighted by molar-refractivity contribution is 5.98. The normalized spacial score (nSPS) is 26.7. The van der Waals surface area contributed by atoms with E-state index in [0.717, 1.165) is 70.6 Å². The molecule has 0 N–H and O–H groups in total. The van der Waals surface area contributed by atoms with Gasteiger partial charge in [-0.2, -0.15) is 18.4 Å². The van der Waals surface area contributed by atoms with E-state index in [0.29, 0.717) is 37.6 Å². The first kappa shape index (κ1) is 47.5. The number of halogens is 3. The van der Waals surface area contributed by atoms with E-state index >= 15 is 0 Å². The van der Waals surface area contributed by atoms with Gasteiger partial charge in [-0.25, -0.2) is 0 Å². The summed E-state index contributed by atoms with van der Waals surface area (Å²) in [6.45, 7) is 32.3. The Hall–Kier alpha value is -1.88. The predicted octanol–water partition coefficient (Wildman–Crippen LogP) is 12.9. The van der Waals surface area contributed by atoms with E-state index in [9.17, 15) is 28.0 Å². The molecule has 2 heterocycles. The fraction of sp³-hybridized carbons (Fsp3) is 0.894. The second kappa shape index (κ2) is 17.5. The molecule has 2 saturated heterocycles. The summed E-state index contributed by atoms with van der Waals surface area (Å²) in [7, 11) is 0. The lowest BCUT2D eigenvalue weighted by atomic mass is 9.55. The van der Waals surface area contributed by atoms with Crippen LogP contribution in [0.25, 0.3) is 0 Å². The van der Waals surface area contributed by atoms with Crippen LogP contribution in [0.1, 0.15) is 186 Å². The van der Waals surface area contributed by atoms with Crippen molar-refractivity contribution in [1.29, 1.82) is 5.26 Å². The number of carbonyl (C=O) groups is 2. The molecule has 55 heavy (non-hydrogen) atoms. The van der Waals surface area contributed by atoms with E-state index in [-0.39, 0.29) is 57.6 Å². The molecule has 3 atom stereocenters. The van der Waals surface area contributed by atoms with Crippen molar-refractivity contribution in [1.82, 2.24) is 9.80 Å². The van der Waals surface area contributed by atoms with Gasteiger partial charge in [-0.05, 0) is 169 Å². The van der Waals surface area contributed by atoms with Gasteiger partial charge in [0.15, 0.2) is 0 Å². The highest BCUT2D eigenvalue weighted by Crippen LogP contribution is 2.56. The molecule has 8 heteroatoms. The number of carbonyl (C=O) groups excluding carboxylic acids is 2. The summed E-state index contributed by atoms with van der Waals surface area (Å²) in [4.78, 5) is 29.5. The molecule has 0 spiro atoms. The van der Waals surface area contributed by atoms with Crippen molar-refractivity contribution < 1.29 is 22.8 Å². The first-order chi connectivity index (χ1) is 25.0. The second-order valence-electron chi connectivity index (χ2n) is 22.5. The van der Waals surface area contributed by atoms with Crippen LogP contribution < -0.4 is 0 Å². The molecular formula is C47H80F3N3O2. The standard InChI is InChI=1S/C47H80F3N3O2/c1-15-16-36(32-42(7,8)22-23-44(11,12)37-30-39(54)53(40(55)31-37)41(4,5)6)46(26-27-51)20-17-35(18-21-46)43(9,10)24-25-45(13,14)52-28-19-34(33(2)3)29-38(52)47(48,49)50/h15,33-38H,1,16-26,28-32H2,2-14H3/t34?,35?,36?,38-,46?/m0/s1. The van der Waals surface area contributed by atoms with Gasteiger partial charge in [0, 0.05) is 30.3 Å². The summed E-state index contributed by atoms with van der Waals surface area (Å²) in [6, 6.07) is 1.20. The van der Waals surface area contributed by atoms with E-state index in [1.807, 2.05) is 54.5 Å². The van der Waals surface area contributed by atoms with Gasteiger partial charge in [0.1, 0.15) is 6.04 Å². The van der Waals surface area contributed by atoms with Crippen molar-refractivity contribution in [3.05, 3.63) is 12.7 Å². The Bertz CT molecular complexity index is 1340. The molecule has 316 valence electrons. The quantitative estimate of drug-likeness (QED) is 0.116. The lowest BCUT2D eigenvalue weighted by molar-refractivity contribution is -0.213. The molecular weight excluding hydrogens is 696 g/mol. The summed E-state index contributed by atoms with van der Waals surface area (Å²) < 4.78 is 43.3. The summed E-state index contributed by atoms with van der Waals surface area (Å²) in [5, 5.41) is 10.2. The van der Waals surface area contributed by atoms with Crippen LogP contribution in [0, 0.1) is 62.6 Å². The van der Waals surface area contributed by atoms with E-state index in [2.05, 4.69) is 54.2 Å².